The third-order valence-corrected chi connectivity index (χ3v) is 6.99. The van der Waals surface area contributed by atoms with Gasteiger partial charge in [-0.05, 0) is 48.5 Å². The molecule has 1 atom stereocenters. The molecule has 0 unspecified atom stereocenters. The van der Waals surface area contributed by atoms with Crippen molar-refractivity contribution in [2.75, 3.05) is 26.3 Å². The normalized spacial score (nSPS) is 14.8. The van der Waals surface area contributed by atoms with E-state index in [1.54, 1.807) is 24.3 Å². The minimum Gasteiger partial charge on any atom is -0.491 e. The number of nitriles is 1. The SMILES string of the molecule is N#Cc1cc(Cl)cc(Oc2c(Cl)ccc(CNC(=O)c3cc4cc(OC[C@H]5CN(C(=O)O)CCO5)ccc4[nH]3)c2F)c1. The second-order valence-electron chi connectivity index (χ2n) is 9.39. The van der Waals surface area contributed by atoms with Crippen LogP contribution in [0.15, 0.2) is 54.6 Å². The van der Waals surface area contributed by atoms with Crippen LogP contribution in [0.25, 0.3) is 10.9 Å². The predicted octanol–water partition coefficient (Wildman–Crippen LogP) is 5.97. The maximum atomic E-state index is 15.3. The first-order chi connectivity index (χ1) is 20.2. The van der Waals surface area contributed by atoms with Crippen molar-refractivity contribution in [3.05, 3.63) is 87.3 Å². The Bertz CT molecular complexity index is 1710. The number of rotatable bonds is 8. The molecule has 10 nitrogen and oxygen atoms in total. The van der Waals surface area contributed by atoms with Gasteiger partial charge in [0.1, 0.15) is 29.9 Å². The van der Waals surface area contributed by atoms with Gasteiger partial charge in [-0.1, -0.05) is 29.3 Å². The molecule has 216 valence electrons. The van der Waals surface area contributed by atoms with E-state index in [-0.39, 0.29) is 58.1 Å². The van der Waals surface area contributed by atoms with Gasteiger partial charge in [0.25, 0.3) is 5.91 Å². The Labute approximate surface area is 249 Å². The van der Waals surface area contributed by atoms with Gasteiger partial charge in [0.15, 0.2) is 11.6 Å². The van der Waals surface area contributed by atoms with Crippen LogP contribution in [0.1, 0.15) is 21.6 Å². The maximum absolute atomic E-state index is 15.3. The molecule has 2 amide bonds. The van der Waals surface area contributed by atoms with E-state index < -0.39 is 23.9 Å². The summed E-state index contributed by atoms with van der Waals surface area (Å²) in [5, 5.41) is 22.0. The summed E-state index contributed by atoms with van der Waals surface area (Å²) < 4.78 is 32.3. The van der Waals surface area contributed by atoms with Crippen LogP contribution < -0.4 is 14.8 Å². The van der Waals surface area contributed by atoms with E-state index >= 15 is 4.39 Å². The predicted molar refractivity (Wildman–Crippen MR) is 152 cm³/mol. The van der Waals surface area contributed by atoms with Crippen LogP contribution in [-0.4, -0.2) is 59.4 Å². The summed E-state index contributed by atoms with van der Waals surface area (Å²) in [6.45, 7) is 0.849. The quantitative estimate of drug-likeness (QED) is 0.223. The summed E-state index contributed by atoms with van der Waals surface area (Å²) in [6, 6.07) is 16.0. The number of hydrogen-bond acceptors (Lipinski definition) is 6. The Balaban J connectivity index is 1.23. The highest BCUT2D eigenvalue weighted by Gasteiger charge is 2.24. The van der Waals surface area contributed by atoms with Crippen LogP contribution in [0, 0.1) is 17.1 Å². The number of halogens is 3. The Morgan fingerprint density at radius 3 is 2.79 bits per heavy atom. The molecule has 3 N–H and O–H groups in total. The number of carboxylic acid groups (broad SMARTS) is 1. The third-order valence-electron chi connectivity index (χ3n) is 6.47. The number of nitrogens with one attached hydrogen (secondary N) is 2. The van der Waals surface area contributed by atoms with Crippen molar-refractivity contribution in [1.82, 2.24) is 15.2 Å². The number of benzene rings is 3. The van der Waals surface area contributed by atoms with Gasteiger partial charge in [0.05, 0.1) is 29.8 Å². The van der Waals surface area contributed by atoms with Gasteiger partial charge in [-0.3, -0.25) is 4.79 Å². The lowest BCUT2D eigenvalue weighted by atomic mass is 10.2. The molecular weight excluding hydrogens is 590 g/mol. The van der Waals surface area contributed by atoms with Gasteiger partial charge in [-0.2, -0.15) is 5.26 Å². The number of carbonyl (C=O) groups excluding carboxylic acids is 1. The smallest absolute Gasteiger partial charge is 0.407 e. The Hall–Kier alpha value is -4.50. The molecule has 0 bridgehead atoms. The zero-order valence-electron chi connectivity index (χ0n) is 21.8. The fourth-order valence-electron chi connectivity index (χ4n) is 4.38. The first-order valence-corrected chi connectivity index (χ1v) is 13.4. The topological polar surface area (TPSA) is 137 Å². The van der Waals surface area contributed by atoms with Gasteiger partial charge in [-0.15, -0.1) is 0 Å². The average molecular weight is 613 g/mol. The fraction of sp³-hybridized carbons (Fsp3) is 0.207. The van der Waals surface area contributed by atoms with Crippen molar-refractivity contribution in [3.8, 4) is 23.3 Å². The van der Waals surface area contributed by atoms with E-state index in [9.17, 15) is 14.7 Å². The van der Waals surface area contributed by atoms with Crippen molar-refractivity contribution >= 4 is 46.1 Å². The van der Waals surface area contributed by atoms with Crippen LogP contribution in [0.5, 0.6) is 17.2 Å². The molecule has 3 aromatic carbocycles. The molecule has 0 spiro atoms. The van der Waals surface area contributed by atoms with Crippen LogP contribution in [0.3, 0.4) is 0 Å². The number of hydrogen-bond donors (Lipinski definition) is 3. The molecule has 13 heteroatoms. The lowest BCUT2D eigenvalue weighted by Gasteiger charge is -2.30. The molecule has 0 radical (unpaired) electrons. The Kier molecular flexibility index (Phi) is 8.68. The second kappa shape index (κ2) is 12.6. The summed E-state index contributed by atoms with van der Waals surface area (Å²) in [4.78, 5) is 28.4. The molecule has 1 aliphatic rings. The second-order valence-corrected chi connectivity index (χ2v) is 10.2. The van der Waals surface area contributed by atoms with Crippen LogP contribution in [0.2, 0.25) is 10.0 Å². The summed E-state index contributed by atoms with van der Waals surface area (Å²) in [5.74, 6) is -0.837. The molecule has 1 aliphatic heterocycles. The molecular formula is C29H23Cl2FN4O6. The van der Waals surface area contributed by atoms with E-state index in [0.717, 1.165) is 0 Å². The largest absolute Gasteiger partial charge is 0.491 e. The molecule has 5 rings (SSSR count). The molecule has 4 aromatic rings. The molecule has 0 aliphatic carbocycles. The summed E-state index contributed by atoms with van der Waals surface area (Å²) in [5.41, 5.74) is 1.30. The Morgan fingerprint density at radius 2 is 2.00 bits per heavy atom. The number of aromatic nitrogens is 1. The number of carbonyl (C=O) groups is 2. The van der Waals surface area contributed by atoms with E-state index in [1.165, 1.54) is 35.2 Å². The fourth-order valence-corrected chi connectivity index (χ4v) is 4.79. The van der Waals surface area contributed by atoms with E-state index in [1.807, 2.05) is 6.07 Å². The lowest BCUT2D eigenvalue weighted by Crippen LogP contribution is -2.47. The number of fused-ring (bicyclic) bond motifs is 1. The van der Waals surface area contributed by atoms with Crippen LogP contribution in [0.4, 0.5) is 9.18 Å². The molecule has 2 heterocycles. The van der Waals surface area contributed by atoms with Crippen molar-refractivity contribution in [2.45, 2.75) is 12.6 Å². The van der Waals surface area contributed by atoms with Crippen LogP contribution in [-0.2, 0) is 11.3 Å². The summed E-state index contributed by atoms with van der Waals surface area (Å²) in [6.07, 6.45) is -1.39. The lowest BCUT2D eigenvalue weighted by molar-refractivity contribution is -0.0411. The van der Waals surface area contributed by atoms with Crippen molar-refractivity contribution in [3.63, 3.8) is 0 Å². The van der Waals surface area contributed by atoms with Gasteiger partial charge in [0, 0.05) is 34.6 Å². The Morgan fingerprint density at radius 1 is 1.17 bits per heavy atom. The number of aromatic amines is 1. The van der Waals surface area contributed by atoms with Crippen LogP contribution >= 0.6 is 23.2 Å². The summed E-state index contributed by atoms with van der Waals surface area (Å²) >= 11 is 12.2. The van der Waals surface area contributed by atoms with Crippen molar-refractivity contribution < 1.29 is 33.3 Å². The standard InChI is InChI=1S/C29H23Cl2FN4O6/c30-19-7-16(12-33)8-21(11-19)42-27-23(31)3-1-17(26(27)32)13-34-28(37)25-10-18-9-20(2-4-24(18)35-25)41-15-22-14-36(29(38)39)5-6-40-22/h1-4,7-11,22,35H,5-6,13-15H2,(H,34,37)(H,38,39)/t22-/m1/s1. The first kappa shape index (κ1) is 29.0. The van der Waals surface area contributed by atoms with Crippen molar-refractivity contribution in [2.24, 2.45) is 0 Å². The van der Waals surface area contributed by atoms with Gasteiger partial charge in [0.2, 0.25) is 0 Å². The van der Waals surface area contributed by atoms with Gasteiger partial charge in [-0.25, -0.2) is 9.18 Å². The van der Waals surface area contributed by atoms with Gasteiger partial charge >= 0.3 is 6.09 Å². The number of H-pyrrole nitrogens is 1. The van der Waals surface area contributed by atoms with Gasteiger partial charge < -0.3 is 34.5 Å². The zero-order valence-corrected chi connectivity index (χ0v) is 23.3. The first-order valence-electron chi connectivity index (χ1n) is 12.7. The number of ether oxygens (including phenoxy) is 3. The molecule has 0 saturated carbocycles. The highest BCUT2D eigenvalue weighted by Crippen LogP contribution is 2.35. The highest BCUT2D eigenvalue weighted by atomic mass is 35.5. The highest BCUT2D eigenvalue weighted by molar-refractivity contribution is 6.32. The van der Waals surface area contributed by atoms with Crippen molar-refractivity contribution in [1.29, 1.82) is 5.26 Å². The zero-order chi connectivity index (χ0) is 29.8. The monoisotopic (exact) mass is 612 g/mol. The average Bonchev–Trinajstić information content (AvgIpc) is 3.41. The number of morpholine rings is 1. The summed E-state index contributed by atoms with van der Waals surface area (Å²) in [7, 11) is 0. The number of amides is 2. The molecule has 42 heavy (non-hydrogen) atoms. The third kappa shape index (κ3) is 6.69. The molecule has 1 saturated heterocycles. The maximum Gasteiger partial charge on any atom is 0.407 e. The van der Waals surface area contributed by atoms with E-state index in [2.05, 4.69) is 10.3 Å². The molecule has 1 aromatic heterocycles. The molecule has 1 fully saturated rings. The van der Waals surface area contributed by atoms with E-state index in [4.69, 9.17) is 42.7 Å². The minimum atomic E-state index is -0.997. The number of nitrogens with zero attached hydrogens (tertiary/aromatic N) is 2. The van der Waals surface area contributed by atoms with E-state index in [0.29, 0.717) is 29.8 Å². The minimum absolute atomic E-state index is 0.00367.